The van der Waals surface area contributed by atoms with Crippen LogP contribution in [-0.4, -0.2) is 7.11 Å². The maximum absolute atomic E-state index is 6.43. The van der Waals surface area contributed by atoms with Crippen molar-refractivity contribution in [1.29, 1.82) is 0 Å². The van der Waals surface area contributed by atoms with Crippen molar-refractivity contribution in [2.24, 2.45) is 5.73 Å². The van der Waals surface area contributed by atoms with Crippen LogP contribution >= 0.6 is 11.3 Å². The van der Waals surface area contributed by atoms with E-state index in [4.69, 9.17) is 10.5 Å². The van der Waals surface area contributed by atoms with Gasteiger partial charge in [-0.05, 0) is 59.9 Å². The third kappa shape index (κ3) is 3.12. The molecule has 96 valence electrons. The van der Waals surface area contributed by atoms with E-state index in [-0.39, 0.29) is 5.54 Å². The zero-order chi connectivity index (χ0) is 13.0. The van der Waals surface area contributed by atoms with Gasteiger partial charge in [0.1, 0.15) is 5.75 Å². The van der Waals surface area contributed by atoms with Crippen LogP contribution in [-0.2, 0) is 12.0 Å². The van der Waals surface area contributed by atoms with E-state index in [1.807, 2.05) is 18.2 Å². The summed E-state index contributed by atoms with van der Waals surface area (Å²) in [5.74, 6) is 0.861. The van der Waals surface area contributed by atoms with Crippen molar-refractivity contribution in [2.45, 2.75) is 25.3 Å². The molecule has 2 N–H and O–H groups in total. The second-order valence-electron chi connectivity index (χ2n) is 4.78. The highest BCUT2D eigenvalue weighted by molar-refractivity contribution is 7.07. The van der Waals surface area contributed by atoms with Gasteiger partial charge in [0.05, 0.1) is 7.11 Å². The van der Waals surface area contributed by atoms with Gasteiger partial charge >= 0.3 is 0 Å². The molecule has 0 saturated heterocycles. The molecular formula is C15H19NOS. The zero-order valence-corrected chi connectivity index (χ0v) is 11.7. The molecule has 0 bridgehead atoms. The van der Waals surface area contributed by atoms with Gasteiger partial charge in [0.25, 0.3) is 0 Å². The highest BCUT2D eigenvalue weighted by Crippen LogP contribution is 2.26. The molecule has 0 amide bonds. The summed E-state index contributed by atoms with van der Waals surface area (Å²) in [6.45, 7) is 2.08. The molecule has 0 radical (unpaired) electrons. The first-order valence-electron chi connectivity index (χ1n) is 6.06. The molecule has 0 aliphatic rings. The van der Waals surface area contributed by atoms with E-state index in [1.54, 1.807) is 18.4 Å². The molecule has 2 rings (SSSR count). The zero-order valence-electron chi connectivity index (χ0n) is 10.8. The largest absolute Gasteiger partial charge is 0.497 e. The van der Waals surface area contributed by atoms with E-state index in [0.29, 0.717) is 0 Å². The predicted molar refractivity (Wildman–Crippen MR) is 77.2 cm³/mol. The number of methoxy groups -OCH3 is 1. The smallest absolute Gasteiger partial charge is 0.119 e. The fourth-order valence-electron chi connectivity index (χ4n) is 1.96. The lowest BCUT2D eigenvalue weighted by molar-refractivity contribution is 0.408. The van der Waals surface area contributed by atoms with Crippen LogP contribution in [0.25, 0.3) is 0 Å². The molecule has 18 heavy (non-hydrogen) atoms. The normalized spacial score (nSPS) is 14.2. The Kier molecular flexibility index (Phi) is 4.04. The lowest BCUT2D eigenvalue weighted by atomic mass is 9.87. The highest BCUT2D eigenvalue weighted by Gasteiger charge is 2.21. The van der Waals surface area contributed by atoms with Gasteiger partial charge < -0.3 is 10.5 Å². The molecule has 1 aromatic carbocycles. The molecule has 1 aromatic heterocycles. The molecule has 0 spiro atoms. The summed E-state index contributed by atoms with van der Waals surface area (Å²) in [4.78, 5) is 0. The molecule has 1 heterocycles. The number of ether oxygens (including phenoxy) is 1. The Labute approximate surface area is 112 Å². The van der Waals surface area contributed by atoms with Crippen molar-refractivity contribution >= 4 is 11.3 Å². The Balaban J connectivity index is 2.09. The Morgan fingerprint density at radius 2 is 2.17 bits per heavy atom. The minimum Gasteiger partial charge on any atom is -0.497 e. The lowest BCUT2D eigenvalue weighted by Gasteiger charge is -2.25. The van der Waals surface area contributed by atoms with Gasteiger partial charge in [-0.1, -0.05) is 12.1 Å². The highest BCUT2D eigenvalue weighted by atomic mass is 32.1. The van der Waals surface area contributed by atoms with Crippen LogP contribution in [0.15, 0.2) is 41.1 Å². The first-order chi connectivity index (χ1) is 8.62. The number of aryl methyl sites for hydroxylation is 1. The monoisotopic (exact) mass is 261 g/mol. The van der Waals surface area contributed by atoms with Crippen molar-refractivity contribution in [3.8, 4) is 5.75 Å². The molecule has 0 aliphatic carbocycles. The molecule has 2 aromatic rings. The molecule has 0 aliphatic heterocycles. The van der Waals surface area contributed by atoms with Gasteiger partial charge in [-0.2, -0.15) is 11.3 Å². The van der Waals surface area contributed by atoms with Gasteiger partial charge in [-0.3, -0.25) is 0 Å². The molecule has 3 heteroatoms. The number of nitrogens with two attached hydrogens (primary N) is 1. The number of hydrogen-bond donors (Lipinski definition) is 1. The van der Waals surface area contributed by atoms with Crippen LogP contribution in [0.2, 0.25) is 0 Å². The second kappa shape index (κ2) is 5.55. The van der Waals surface area contributed by atoms with Crippen LogP contribution in [0.5, 0.6) is 5.75 Å². The summed E-state index contributed by atoms with van der Waals surface area (Å²) in [7, 11) is 1.68. The van der Waals surface area contributed by atoms with Crippen LogP contribution in [0.3, 0.4) is 0 Å². The van der Waals surface area contributed by atoms with Crippen molar-refractivity contribution in [2.75, 3.05) is 7.11 Å². The third-order valence-corrected chi connectivity index (χ3v) is 3.97. The SMILES string of the molecule is COc1cccc(C(C)(N)CCc2ccsc2)c1. The van der Waals surface area contributed by atoms with E-state index < -0.39 is 0 Å². The van der Waals surface area contributed by atoms with E-state index in [2.05, 4.69) is 29.8 Å². The van der Waals surface area contributed by atoms with Crippen LogP contribution in [0, 0.1) is 0 Å². The van der Waals surface area contributed by atoms with Gasteiger partial charge in [0.2, 0.25) is 0 Å². The first kappa shape index (κ1) is 13.1. The third-order valence-electron chi connectivity index (χ3n) is 3.24. The summed E-state index contributed by atoms with van der Waals surface area (Å²) >= 11 is 1.73. The van der Waals surface area contributed by atoms with Gasteiger partial charge in [-0.15, -0.1) is 0 Å². The van der Waals surface area contributed by atoms with Crippen LogP contribution in [0.4, 0.5) is 0 Å². The summed E-state index contributed by atoms with van der Waals surface area (Å²) in [5.41, 5.74) is 8.59. The predicted octanol–water partition coefficient (Wildman–Crippen LogP) is 3.56. The number of rotatable bonds is 5. The Morgan fingerprint density at radius 3 is 2.83 bits per heavy atom. The summed E-state index contributed by atoms with van der Waals surface area (Å²) < 4.78 is 5.25. The molecule has 1 atom stereocenters. The Hall–Kier alpha value is -1.32. The van der Waals surface area contributed by atoms with Crippen molar-refractivity contribution in [3.63, 3.8) is 0 Å². The van der Waals surface area contributed by atoms with Gasteiger partial charge in [-0.25, -0.2) is 0 Å². The fourth-order valence-corrected chi connectivity index (χ4v) is 2.66. The first-order valence-corrected chi connectivity index (χ1v) is 7.00. The van der Waals surface area contributed by atoms with E-state index in [0.717, 1.165) is 24.2 Å². The average Bonchev–Trinajstić information content (AvgIpc) is 2.90. The maximum atomic E-state index is 6.43. The van der Waals surface area contributed by atoms with Gasteiger partial charge in [0.15, 0.2) is 0 Å². The molecule has 0 saturated carbocycles. The second-order valence-corrected chi connectivity index (χ2v) is 5.56. The van der Waals surface area contributed by atoms with Gasteiger partial charge in [0, 0.05) is 5.54 Å². The minimum absolute atomic E-state index is 0.323. The Morgan fingerprint density at radius 1 is 1.33 bits per heavy atom. The lowest BCUT2D eigenvalue weighted by Crippen LogP contribution is -2.33. The summed E-state index contributed by atoms with van der Waals surface area (Å²) in [6, 6.07) is 10.2. The molecular weight excluding hydrogens is 242 g/mol. The quantitative estimate of drug-likeness (QED) is 0.893. The minimum atomic E-state index is -0.323. The topological polar surface area (TPSA) is 35.2 Å². The summed E-state index contributed by atoms with van der Waals surface area (Å²) in [6.07, 6.45) is 1.94. The standard InChI is InChI=1S/C15H19NOS/c1-15(16,8-6-12-7-9-18-11-12)13-4-3-5-14(10-13)17-2/h3-5,7,9-11H,6,8,16H2,1-2H3. The van der Waals surface area contributed by atoms with Crippen LogP contribution < -0.4 is 10.5 Å². The van der Waals surface area contributed by atoms with Crippen LogP contribution in [0.1, 0.15) is 24.5 Å². The van der Waals surface area contributed by atoms with Crippen molar-refractivity contribution in [1.82, 2.24) is 0 Å². The average molecular weight is 261 g/mol. The molecule has 2 nitrogen and oxygen atoms in total. The molecule has 0 fully saturated rings. The van der Waals surface area contributed by atoms with Crippen molar-refractivity contribution in [3.05, 3.63) is 52.2 Å². The number of hydrogen-bond acceptors (Lipinski definition) is 3. The van der Waals surface area contributed by atoms with E-state index in [9.17, 15) is 0 Å². The van der Waals surface area contributed by atoms with Crippen molar-refractivity contribution < 1.29 is 4.74 Å². The Bertz CT molecular complexity index is 491. The molecule has 1 unspecified atom stereocenters. The maximum Gasteiger partial charge on any atom is 0.119 e. The van der Waals surface area contributed by atoms with E-state index >= 15 is 0 Å². The van der Waals surface area contributed by atoms with E-state index in [1.165, 1.54) is 5.56 Å². The summed E-state index contributed by atoms with van der Waals surface area (Å²) in [5, 5.41) is 4.29. The number of benzene rings is 1. The fraction of sp³-hybridized carbons (Fsp3) is 0.333. The number of thiophene rings is 1.